The Labute approximate surface area is 101 Å². The Morgan fingerprint density at radius 3 is 2.17 bits per heavy atom. The molecule has 8 heteroatoms. The number of rotatable bonds is 4. The van der Waals surface area contributed by atoms with Gasteiger partial charge < -0.3 is 10.2 Å². The molecule has 0 aromatic heterocycles. The van der Waals surface area contributed by atoms with Crippen LogP contribution in [0, 0.1) is 0 Å². The number of likely N-dealkylation sites (tertiary alicyclic amines) is 1. The highest BCUT2D eigenvalue weighted by Gasteiger charge is 2.63. The van der Waals surface area contributed by atoms with Crippen LogP contribution < -0.4 is 5.32 Å². The molecule has 1 aliphatic heterocycles. The number of carbonyl (C=O) groups excluding carboxylic acids is 1. The fraction of sp³-hybridized carbons (Fsp3) is 0.900. The molecule has 0 aliphatic carbocycles. The third-order valence-corrected chi connectivity index (χ3v) is 2.75. The molecule has 0 aromatic rings. The molecule has 1 heterocycles. The zero-order valence-corrected chi connectivity index (χ0v) is 9.86. The standard InChI is InChI=1S/C10H15F5N2O/c1-7(6-17-4-2-3-5-17)16-8(18)9(11,12)10(13,14)15/h7H,2-6H2,1H3,(H,16,18). The second kappa shape index (κ2) is 5.38. The summed E-state index contributed by atoms with van der Waals surface area (Å²) in [4.78, 5) is 12.8. The van der Waals surface area contributed by atoms with E-state index in [0.29, 0.717) is 0 Å². The van der Waals surface area contributed by atoms with Gasteiger partial charge in [-0.25, -0.2) is 0 Å². The van der Waals surface area contributed by atoms with Gasteiger partial charge >= 0.3 is 18.0 Å². The van der Waals surface area contributed by atoms with E-state index in [2.05, 4.69) is 0 Å². The first-order valence-corrected chi connectivity index (χ1v) is 5.62. The van der Waals surface area contributed by atoms with Gasteiger partial charge in [0.25, 0.3) is 0 Å². The summed E-state index contributed by atoms with van der Waals surface area (Å²) in [5.41, 5.74) is 0. The van der Waals surface area contributed by atoms with Gasteiger partial charge in [0.1, 0.15) is 0 Å². The molecule has 1 saturated heterocycles. The van der Waals surface area contributed by atoms with Crippen LogP contribution in [0.2, 0.25) is 0 Å². The second-order valence-electron chi connectivity index (χ2n) is 4.45. The average Bonchev–Trinajstić information content (AvgIpc) is 2.68. The molecule has 1 aliphatic rings. The van der Waals surface area contributed by atoms with Crippen LogP contribution in [0.3, 0.4) is 0 Å². The maximum atomic E-state index is 12.6. The Bertz CT molecular complexity index is 299. The summed E-state index contributed by atoms with van der Waals surface area (Å²) in [6, 6.07) is -0.746. The second-order valence-corrected chi connectivity index (χ2v) is 4.45. The van der Waals surface area contributed by atoms with E-state index in [1.165, 1.54) is 6.92 Å². The average molecular weight is 274 g/mol. The van der Waals surface area contributed by atoms with Crippen molar-refractivity contribution in [2.24, 2.45) is 0 Å². The number of amides is 1. The van der Waals surface area contributed by atoms with Gasteiger partial charge in [0, 0.05) is 12.6 Å². The number of hydrogen-bond donors (Lipinski definition) is 1. The molecule has 0 radical (unpaired) electrons. The van der Waals surface area contributed by atoms with Gasteiger partial charge in [-0.1, -0.05) is 0 Å². The van der Waals surface area contributed by atoms with Crippen LogP contribution in [-0.2, 0) is 4.79 Å². The quantitative estimate of drug-likeness (QED) is 0.793. The van der Waals surface area contributed by atoms with Crippen LogP contribution in [0.5, 0.6) is 0 Å². The smallest absolute Gasteiger partial charge is 0.347 e. The maximum absolute atomic E-state index is 12.6. The molecule has 0 bridgehead atoms. The van der Waals surface area contributed by atoms with Gasteiger partial charge in [0.05, 0.1) is 0 Å². The van der Waals surface area contributed by atoms with Crippen molar-refractivity contribution in [1.82, 2.24) is 10.2 Å². The lowest BCUT2D eigenvalue weighted by molar-refractivity contribution is -0.270. The molecule has 1 fully saturated rings. The minimum absolute atomic E-state index is 0.277. The van der Waals surface area contributed by atoms with Gasteiger partial charge in [-0.2, -0.15) is 22.0 Å². The van der Waals surface area contributed by atoms with Crippen LogP contribution in [-0.4, -0.2) is 48.6 Å². The molecule has 0 spiro atoms. The Balaban J connectivity index is 2.48. The summed E-state index contributed by atoms with van der Waals surface area (Å²) in [6.45, 7) is 3.23. The van der Waals surface area contributed by atoms with E-state index < -0.39 is 24.0 Å². The van der Waals surface area contributed by atoms with E-state index in [4.69, 9.17) is 0 Å². The number of nitrogens with one attached hydrogen (secondary N) is 1. The van der Waals surface area contributed by atoms with Crippen molar-refractivity contribution < 1.29 is 26.7 Å². The number of alkyl halides is 5. The van der Waals surface area contributed by atoms with Crippen LogP contribution >= 0.6 is 0 Å². The molecule has 1 amide bonds. The summed E-state index contributed by atoms with van der Waals surface area (Å²) in [7, 11) is 0. The van der Waals surface area contributed by atoms with E-state index >= 15 is 0 Å². The summed E-state index contributed by atoms with van der Waals surface area (Å²) in [5.74, 6) is -7.63. The van der Waals surface area contributed by atoms with Gasteiger partial charge in [0.2, 0.25) is 0 Å². The summed E-state index contributed by atoms with van der Waals surface area (Å²) in [5, 5.41) is 1.70. The minimum Gasteiger partial charge on any atom is -0.347 e. The summed E-state index contributed by atoms with van der Waals surface area (Å²) < 4.78 is 61.0. The highest BCUT2D eigenvalue weighted by Crippen LogP contribution is 2.35. The first-order chi connectivity index (χ1) is 8.14. The molecule has 1 unspecified atom stereocenters. The van der Waals surface area contributed by atoms with Crippen molar-refractivity contribution in [3.63, 3.8) is 0 Å². The largest absolute Gasteiger partial charge is 0.463 e. The van der Waals surface area contributed by atoms with Crippen LogP contribution in [0.25, 0.3) is 0 Å². The highest BCUT2D eigenvalue weighted by atomic mass is 19.4. The Morgan fingerprint density at radius 2 is 1.72 bits per heavy atom. The molecular weight excluding hydrogens is 259 g/mol. The predicted molar refractivity (Wildman–Crippen MR) is 54.3 cm³/mol. The van der Waals surface area contributed by atoms with Gasteiger partial charge in [-0.05, 0) is 32.9 Å². The first kappa shape index (κ1) is 15.1. The first-order valence-electron chi connectivity index (χ1n) is 5.62. The molecule has 1 N–H and O–H groups in total. The number of hydrogen-bond acceptors (Lipinski definition) is 2. The fourth-order valence-electron chi connectivity index (χ4n) is 1.84. The van der Waals surface area contributed by atoms with Gasteiger partial charge in [-0.3, -0.25) is 4.79 Å². The van der Waals surface area contributed by atoms with Crippen molar-refractivity contribution in [3.8, 4) is 0 Å². The molecule has 1 atom stereocenters. The van der Waals surface area contributed by atoms with Crippen molar-refractivity contribution >= 4 is 5.91 Å². The van der Waals surface area contributed by atoms with Gasteiger partial charge in [-0.15, -0.1) is 0 Å². The van der Waals surface area contributed by atoms with Crippen molar-refractivity contribution in [2.75, 3.05) is 19.6 Å². The molecule has 1 rings (SSSR count). The Morgan fingerprint density at radius 1 is 1.22 bits per heavy atom. The number of carbonyl (C=O) groups is 1. The molecule has 18 heavy (non-hydrogen) atoms. The van der Waals surface area contributed by atoms with E-state index in [1.54, 1.807) is 5.32 Å². The van der Waals surface area contributed by atoms with Crippen molar-refractivity contribution in [1.29, 1.82) is 0 Å². The fourth-order valence-corrected chi connectivity index (χ4v) is 1.84. The monoisotopic (exact) mass is 274 g/mol. The van der Waals surface area contributed by atoms with Crippen molar-refractivity contribution in [2.45, 2.75) is 37.9 Å². The van der Waals surface area contributed by atoms with Crippen LogP contribution in [0.4, 0.5) is 22.0 Å². The molecule has 3 nitrogen and oxygen atoms in total. The lowest BCUT2D eigenvalue weighted by Crippen LogP contribution is -2.54. The van der Waals surface area contributed by atoms with E-state index in [0.717, 1.165) is 25.9 Å². The Hall–Kier alpha value is -0.920. The topological polar surface area (TPSA) is 32.3 Å². The van der Waals surface area contributed by atoms with Crippen LogP contribution in [0.1, 0.15) is 19.8 Å². The highest BCUT2D eigenvalue weighted by molar-refractivity contribution is 5.84. The number of halogens is 5. The third kappa shape index (κ3) is 3.54. The van der Waals surface area contributed by atoms with Gasteiger partial charge in [0.15, 0.2) is 0 Å². The lowest BCUT2D eigenvalue weighted by atomic mass is 10.2. The number of nitrogens with zero attached hydrogens (tertiary/aromatic N) is 1. The zero-order valence-electron chi connectivity index (χ0n) is 9.86. The summed E-state index contributed by atoms with van der Waals surface area (Å²) in [6.07, 6.45) is -3.91. The van der Waals surface area contributed by atoms with Crippen LogP contribution in [0.15, 0.2) is 0 Å². The zero-order chi connectivity index (χ0) is 14.0. The SMILES string of the molecule is CC(CN1CCCC1)NC(=O)C(F)(F)C(F)(F)F. The minimum atomic E-state index is -5.86. The molecule has 106 valence electrons. The lowest BCUT2D eigenvalue weighted by Gasteiger charge is -2.24. The predicted octanol–water partition coefficient (Wildman–Crippen LogP) is 1.78. The maximum Gasteiger partial charge on any atom is 0.463 e. The molecule has 0 saturated carbocycles. The molecule has 0 aromatic carbocycles. The summed E-state index contributed by atoms with van der Waals surface area (Å²) >= 11 is 0. The normalized spacial score (nSPS) is 19.9. The van der Waals surface area contributed by atoms with E-state index in [-0.39, 0.29) is 6.54 Å². The van der Waals surface area contributed by atoms with Crippen molar-refractivity contribution in [3.05, 3.63) is 0 Å². The molecular formula is C10H15F5N2O. The van der Waals surface area contributed by atoms with E-state index in [9.17, 15) is 26.7 Å². The Kier molecular flexibility index (Phi) is 4.52. The third-order valence-electron chi connectivity index (χ3n) is 2.75. The van der Waals surface area contributed by atoms with E-state index in [1.807, 2.05) is 4.90 Å².